The number of hydrogen-bond donors (Lipinski definition) is 1. The number of rotatable bonds is 4. The molecule has 0 radical (unpaired) electrons. The molecule has 0 saturated heterocycles. The Labute approximate surface area is 118 Å². The Balaban J connectivity index is 2.27. The molecule has 0 unspecified atom stereocenters. The Bertz CT molecular complexity index is 611. The molecule has 0 atom stereocenters. The largest absolute Gasteiger partial charge is 0.489 e. The van der Waals surface area contributed by atoms with Gasteiger partial charge in [0.25, 0.3) is 0 Å². The van der Waals surface area contributed by atoms with Crippen molar-refractivity contribution < 1.29 is 13.9 Å². The number of nitrogens with two attached hydrogens (primary N) is 1. The van der Waals surface area contributed by atoms with E-state index in [0.29, 0.717) is 17.2 Å². The second-order valence-electron chi connectivity index (χ2n) is 4.90. The summed E-state index contributed by atoms with van der Waals surface area (Å²) in [5, 5.41) is 0. The van der Waals surface area contributed by atoms with E-state index in [1.807, 2.05) is 20.8 Å². The van der Waals surface area contributed by atoms with Crippen LogP contribution in [0.4, 0.5) is 10.1 Å². The quantitative estimate of drug-likeness (QED) is 0.846. The van der Waals surface area contributed by atoms with Crippen molar-refractivity contribution in [2.24, 2.45) is 0 Å². The van der Waals surface area contributed by atoms with Crippen LogP contribution >= 0.6 is 0 Å². The summed E-state index contributed by atoms with van der Waals surface area (Å²) in [7, 11) is 0. The highest BCUT2D eigenvalue weighted by Gasteiger charge is 2.09. The molecule has 0 aliphatic carbocycles. The maximum Gasteiger partial charge on any atom is 0.165 e. The average Bonchev–Trinajstić information content (AvgIpc) is 2.37. The Hall–Kier alpha value is -2.23. The molecule has 0 saturated carbocycles. The van der Waals surface area contributed by atoms with Gasteiger partial charge >= 0.3 is 0 Å². The van der Waals surface area contributed by atoms with Crippen molar-refractivity contribution in [3.8, 4) is 17.2 Å². The number of hydrogen-bond acceptors (Lipinski definition) is 3. The van der Waals surface area contributed by atoms with Crippen molar-refractivity contribution >= 4 is 5.69 Å². The fourth-order valence-electron chi connectivity index (χ4n) is 1.75. The van der Waals surface area contributed by atoms with E-state index >= 15 is 0 Å². The normalized spacial score (nSPS) is 10.7. The average molecular weight is 275 g/mol. The van der Waals surface area contributed by atoms with Crippen molar-refractivity contribution in [2.75, 3.05) is 5.73 Å². The Kier molecular flexibility index (Phi) is 4.13. The zero-order valence-corrected chi connectivity index (χ0v) is 11.8. The predicted molar refractivity (Wildman–Crippen MR) is 77.8 cm³/mol. The van der Waals surface area contributed by atoms with Crippen LogP contribution in [0.2, 0.25) is 0 Å². The lowest BCUT2D eigenvalue weighted by atomic mass is 10.2. The van der Waals surface area contributed by atoms with Gasteiger partial charge in [0.05, 0.1) is 11.8 Å². The van der Waals surface area contributed by atoms with E-state index in [1.54, 1.807) is 30.3 Å². The number of ether oxygens (including phenoxy) is 2. The van der Waals surface area contributed by atoms with Gasteiger partial charge in [0.1, 0.15) is 11.5 Å². The topological polar surface area (TPSA) is 44.5 Å². The summed E-state index contributed by atoms with van der Waals surface area (Å²) in [6, 6.07) is 9.75. The van der Waals surface area contributed by atoms with Crippen molar-refractivity contribution in [2.45, 2.75) is 26.9 Å². The highest BCUT2D eigenvalue weighted by Crippen LogP contribution is 2.32. The van der Waals surface area contributed by atoms with Gasteiger partial charge in [-0.2, -0.15) is 0 Å². The zero-order chi connectivity index (χ0) is 14.7. The van der Waals surface area contributed by atoms with E-state index in [4.69, 9.17) is 15.2 Å². The Morgan fingerprint density at radius 3 is 2.50 bits per heavy atom. The maximum absolute atomic E-state index is 13.7. The van der Waals surface area contributed by atoms with Crippen molar-refractivity contribution in [3.05, 3.63) is 47.8 Å². The molecule has 3 nitrogen and oxygen atoms in total. The number of nitrogen functional groups attached to an aromatic ring is 1. The second kappa shape index (κ2) is 5.82. The molecule has 20 heavy (non-hydrogen) atoms. The van der Waals surface area contributed by atoms with E-state index in [2.05, 4.69) is 0 Å². The van der Waals surface area contributed by atoms with Crippen LogP contribution < -0.4 is 15.2 Å². The predicted octanol–water partition coefficient (Wildman–Crippen LogP) is 4.30. The molecule has 0 bridgehead atoms. The smallest absolute Gasteiger partial charge is 0.165 e. The van der Waals surface area contributed by atoms with E-state index in [1.165, 1.54) is 6.07 Å². The zero-order valence-electron chi connectivity index (χ0n) is 11.8. The van der Waals surface area contributed by atoms with Gasteiger partial charge < -0.3 is 15.2 Å². The number of halogens is 1. The molecule has 106 valence electrons. The van der Waals surface area contributed by atoms with Gasteiger partial charge in [0.2, 0.25) is 0 Å². The lowest BCUT2D eigenvalue weighted by molar-refractivity contribution is 0.243. The molecule has 2 aromatic carbocycles. The molecule has 2 aromatic rings. The molecule has 2 rings (SSSR count). The minimum atomic E-state index is -0.404. The van der Waals surface area contributed by atoms with Gasteiger partial charge in [0.15, 0.2) is 11.6 Å². The summed E-state index contributed by atoms with van der Waals surface area (Å²) in [5.41, 5.74) is 7.28. The third kappa shape index (κ3) is 3.41. The maximum atomic E-state index is 13.7. The van der Waals surface area contributed by atoms with Gasteiger partial charge in [-0.1, -0.05) is 6.07 Å². The molecule has 4 heteroatoms. The van der Waals surface area contributed by atoms with Crippen LogP contribution in [0, 0.1) is 12.7 Å². The first-order valence-electron chi connectivity index (χ1n) is 6.46. The summed E-state index contributed by atoms with van der Waals surface area (Å²) in [5.74, 6) is 0.800. The van der Waals surface area contributed by atoms with Gasteiger partial charge in [0, 0.05) is 6.07 Å². The van der Waals surface area contributed by atoms with E-state index in [9.17, 15) is 4.39 Å². The van der Waals surface area contributed by atoms with Crippen LogP contribution in [0.15, 0.2) is 36.4 Å². The lowest BCUT2D eigenvalue weighted by Gasteiger charge is -2.14. The third-order valence-electron chi connectivity index (χ3n) is 2.66. The molecular weight excluding hydrogens is 257 g/mol. The van der Waals surface area contributed by atoms with Gasteiger partial charge in [-0.3, -0.25) is 0 Å². The lowest BCUT2D eigenvalue weighted by Crippen LogP contribution is -2.07. The van der Waals surface area contributed by atoms with Crippen LogP contribution in [0.5, 0.6) is 17.2 Å². The first-order chi connectivity index (χ1) is 9.45. The van der Waals surface area contributed by atoms with Crippen LogP contribution in [0.3, 0.4) is 0 Å². The van der Waals surface area contributed by atoms with Gasteiger partial charge in [-0.05, 0) is 50.6 Å². The van der Waals surface area contributed by atoms with Crippen LogP contribution in [0.1, 0.15) is 19.4 Å². The van der Waals surface area contributed by atoms with Gasteiger partial charge in [-0.15, -0.1) is 0 Å². The molecule has 0 aliphatic heterocycles. The second-order valence-corrected chi connectivity index (χ2v) is 4.90. The van der Waals surface area contributed by atoms with Crippen molar-refractivity contribution in [1.29, 1.82) is 0 Å². The summed E-state index contributed by atoms with van der Waals surface area (Å²) >= 11 is 0. The minimum Gasteiger partial charge on any atom is -0.489 e. The van der Waals surface area contributed by atoms with Crippen LogP contribution in [-0.2, 0) is 0 Å². The minimum absolute atomic E-state index is 0.00301. The standard InChI is InChI=1S/C16H18FNO2/c1-10(2)19-16-9-12(5-7-14(16)18)20-15-8-11(3)4-6-13(15)17/h4-10H,18H2,1-3H3. The number of anilines is 1. The highest BCUT2D eigenvalue weighted by molar-refractivity contribution is 5.56. The molecule has 0 fully saturated rings. The Morgan fingerprint density at radius 1 is 1.05 bits per heavy atom. The van der Waals surface area contributed by atoms with Crippen LogP contribution in [-0.4, -0.2) is 6.10 Å². The van der Waals surface area contributed by atoms with E-state index in [-0.39, 0.29) is 11.9 Å². The molecule has 0 amide bonds. The summed E-state index contributed by atoms with van der Waals surface area (Å²) in [6.07, 6.45) is 0.00301. The van der Waals surface area contributed by atoms with Gasteiger partial charge in [-0.25, -0.2) is 4.39 Å². The molecule has 0 heterocycles. The molecule has 0 aromatic heterocycles. The van der Waals surface area contributed by atoms with Crippen molar-refractivity contribution in [1.82, 2.24) is 0 Å². The number of benzene rings is 2. The van der Waals surface area contributed by atoms with E-state index in [0.717, 1.165) is 5.56 Å². The fraction of sp³-hybridized carbons (Fsp3) is 0.250. The molecule has 2 N–H and O–H groups in total. The molecular formula is C16H18FNO2. The fourth-order valence-corrected chi connectivity index (χ4v) is 1.75. The van der Waals surface area contributed by atoms with Crippen molar-refractivity contribution in [3.63, 3.8) is 0 Å². The number of aryl methyl sites for hydroxylation is 1. The summed E-state index contributed by atoms with van der Waals surface area (Å²) in [6.45, 7) is 5.70. The summed E-state index contributed by atoms with van der Waals surface area (Å²) in [4.78, 5) is 0. The Morgan fingerprint density at radius 2 is 1.80 bits per heavy atom. The monoisotopic (exact) mass is 275 g/mol. The van der Waals surface area contributed by atoms with Crippen LogP contribution in [0.25, 0.3) is 0 Å². The SMILES string of the molecule is Cc1ccc(F)c(Oc2ccc(N)c(OC(C)C)c2)c1. The molecule has 0 aliphatic rings. The summed E-state index contributed by atoms with van der Waals surface area (Å²) < 4.78 is 24.8. The highest BCUT2D eigenvalue weighted by atomic mass is 19.1. The van der Waals surface area contributed by atoms with E-state index < -0.39 is 5.82 Å². The first-order valence-corrected chi connectivity index (χ1v) is 6.46. The third-order valence-corrected chi connectivity index (χ3v) is 2.66. The molecule has 0 spiro atoms. The first kappa shape index (κ1) is 14.2.